The fourth-order valence-corrected chi connectivity index (χ4v) is 10.9. The highest BCUT2D eigenvalue weighted by molar-refractivity contribution is 5.96. The summed E-state index contributed by atoms with van der Waals surface area (Å²) in [5.74, 6) is 1.50. The molecule has 0 radical (unpaired) electrons. The smallest absolute Gasteiger partial charge is 0.312 e. The zero-order valence-corrected chi connectivity index (χ0v) is 24.8. The molecule has 1 unspecified atom stereocenters. The molecule has 1 aromatic rings. The van der Waals surface area contributed by atoms with Crippen LogP contribution in [0.4, 0.5) is 0 Å². The summed E-state index contributed by atoms with van der Waals surface area (Å²) in [4.78, 5) is 28.2. The van der Waals surface area contributed by atoms with Crippen molar-refractivity contribution in [3.63, 3.8) is 0 Å². The summed E-state index contributed by atoms with van der Waals surface area (Å²) in [5, 5.41) is 4.20. The van der Waals surface area contributed by atoms with Crippen LogP contribution in [0.15, 0.2) is 22.4 Å². The van der Waals surface area contributed by atoms with Crippen molar-refractivity contribution in [3.8, 4) is 0 Å². The van der Waals surface area contributed by atoms with E-state index in [1.807, 2.05) is 13.1 Å². The molecule has 7 atom stereocenters. The maximum atomic E-state index is 14.5. The van der Waals surface area contributed by atoms with E-state index in [0.29, 0.717) is 12.5 Å². The van der Waals surface area contributed by atoms with Crippen molar-refractivity contribution in [1.82, 2.24) is 5.16 Å². The Balaban J connectivity index is 1.50. The third-order valence-electron chi connectivity index (χ3n) is 13.0. The van der Waals surface area contributed by atoms with E-state index in [9.17, 15) is 9.59 Å². The van der Waals surface area contributed by atoms with Crippen LogP contribution in [0.1, 0.15) is 112 Å². The molecule has 0 N–H and O–H groups in total. The van der Waals surface area contributed by atoms with Gasteiger partial charge in [-0.05, 0) is 97.9 Å². The van der Waals surface area contributed by atoms with E-state index < -0.39 is 5.41 Å². The van der Waals surface area contributed by atoms with Crippen LogP contribution in [0.3, 0.4) is 0 Å². The molecular weight excluding hydrogens is 474 g/mol. The number of carbonyl (C=O) groups excluding carboxylic acids is 2. The number of allylic oxidation sites excluding steroid dienone is 2. The quantitative estimate of drug-likeness (QED) is 0.384. The lowest BCUT2D eigenvalue weighted by Crippen LogP contribution is -2.66. The molecule has 0 saturated heterocycles. The Morgan fingerprint density at radius 3 is 2.47 bits per heavy atom. The predicted octanol–water partition coefficient (Wildman–Crippen LogP) is 7.23. The fraction of sp³-hybridized carbons (Fsp3) is 0.788. The Kier molecular flexibility index (Phi) is 5.43. The summed E-state index contributed by atoms with van der Waals surface area (Å²) < 4.78 is 11.5. The van der Waals surface area contributed by atoms with Gasteiger partial charge in [0.1, 0.15) is 5.76 Å². The number of carbonyl (C=O) groups is 2. The number of aromatic nitrogens is 1. The van der Waals surface area contributed by atoms with Gasteiger partial charge in [0.25, 0.3) is 0 Å². The Bertz CT molecular complexity index is 1220. The summed E-state index contributed by atoms with van der Waals surface area (Å²) in [5.41, 5.74) is 1.59. The van der Waals surface area contributed by atoms with Crippen molar-refractivity contribution in [2.45, 2.75) is 112 Å². The second-order valence-electron chi connectivity index (χ2n) is 15.6. The molecular formula is C33H47NO4. The van der Waals surface area contributed by atoms with E-state index in [2.05, 4.69) is 59.7 Å². The third-order valence-corrected chi connectivity index (χ3v) is 13.0. The highest BCUT2D eigenvalue weighted by atomic mass is 16.5. The van der Waals surface area contributed by atoms with Crippen molar-refractivity contribution >= 4 is 11.8 Å². The van der Waals surface area contributed by atoms with Gasteiger partial charge in [0, 0.05) is 16.9 Å². The molecule has 0 aromatic carbocycles. The van der Waals surface area contributed by atoms with Crippen LogP contribution >= 0.6 is 0 Å². The van der Waals surface area contributed by atoms with E-state index in [0.717, 1.165) is 57.1 Å². The minimum atomic E-state index is -0.529. The molecule has 38 heavy (non-hydrogen) atoms. The summed E-state index contributed by atoms with van der Waals surface area (Å²) in [6, 6.07) is 0. The highest BCUT2D eigenvalue weighted by Gasteiger charge is 2.71. The summed E-state index contributed by atoms with van der Waals surface area (Å²) in [6.45, 7) is 18.8. The molecule has 0 amide bonds. The van der Waals surface area contributed by atoms with Crippen molar-refractivity contribution in [1.29, 1.82) is 0 Å². The van der Waals surface area contributed by atoms with Crippen LogP contribution in [-0.2, 0) is 26.2 Å². The lowest BCUT2D eigenvalue weighted by atomic mass is 9.34. The number of esters is 1. The van der Waals surface area contributed by atoms with E-state index in [1.165, 1.54) is 11.1 Å². The van der Waals surface area contributed by atoms with Crippen molar-refractivity contribution in [2.75, 3.05) is 6.61 Å². The Hall–Kier alpha value is -1.91. The van der Waals surface area contributed by atoms with Gasteiger partial charge in [-0.3, -0.25) is 9.59 Å². The molecule has 1 aromatic heterocycles. The third kappa shape index (κ3) is 3.08. The van der Waals surface area contributed by atoms with Crippen LogP contribution in [-0.4, -0.2) is 23.5 Å². The Morgan fingerprint density at radius 1 is 1.05 bits per heavy atom. The van der Waals surface area contributed by atoms with Gasteiger partial charge in [0.05, 0.1) is 18.2 Å². The van der Waals surface area contributed by atoms with Gasteiger partial charge < -0.3 is 9.26 Å². The van der Waals surface area contributed by atoms with Crippen LogP contribution in [0, 0.1) is 44.8 Å². The van der Waals surface area contributed by atoms with Crippen LogP contribution in [0.2, 0.25) is 0 Å². The molecule has 3 fully saturated rings. The topological polar surface area (TPSA) is 69.4 Å². The number of rotatable bonds is 2. The molecule has 6 rings (SSSR count). The summed E-state index contributed by atoms with van der Waals surface area (Å²) in [7, 11) is 0. The van der Waals surface area contributed by atoms with Gasteiger partial charge >= 0.3 is 5.97 Å². The molecule has 1 heterocycles. The van der Waals surface area contributed by atoms with Crippen LogP contribution < -0.4 is 0 Å². The standard InChI is InChI=1S/C33H47NO4/c1-9-37-27(36)33-14-12-28(2,3)18-21(33)25-22(35)16-24-30(6)17-20-19-34-38-26(20)29(4,5)23(30)10-11-31(24,7)32(25,8)13-15-33/h16,19,21,23,25H,9-15,17-18H2,1-8H3/t21-,23-,25?,30-,31+,32+,33-/m0/s1. The number of ether oxygens (including phenoxy) is 1. The van der Waals surface area contributed by atoms with E-state index >= 15 is 0 Å². The first kappa shape index (κ1) is 26.3. The lowest BCUT2D eigenvalue weighted by Gasteiger charge is -2.69. The molecule has 0 spiro atoms. The van der Waals surface area contributed by atoms with Crippen molar-refractivity contribution in [2.24, 2.45) is 44.8 Å². The van der Waals surface area contributed by atoms with Gasteiger partial charge in [-0.1, -0.05) is 59.2 Å². The largest absolute Gasteiger partial charge is 0.466 e. The molecule has 5 heteroatoms. The zero-order valence-electron chi connectivity index (χ0n) is 24.8. The number of hydrogen-bond acceptors (Lipinski definition) is 5. The average Bonchev–Trinajstić information content (AvgIpc) is 3.29. The first-order valence-electron chi connectivity index (χ1n) is 15.0. The number of ketones is 1. The Labute approximate surface area is 228 Å². The molecule has 208 valence electrons. The SMILES string of the molecule is CCOC(=O)[C@]12CCC(C)(C)C[C@H]1C1C(=O)C=C3[C@@]4(C)Cc5cnoc5C(C)(C)[C@@H]4CC[C@@]3(C)[C@]1(C)CC2. The normalized spacial score (nSPS) is 44.5. The fourth-order valence-electron chi connectivity index (χ4n) is 10.9. The molecule has 5 aliphatic carbocycles. The average molecular weight is 522 g/mol. The van der Waals surface area contributed by atoms with E-state index in [-0.39, 0.29) is 50.7 Å². The highest BCUT2D eigenvalue weighted by Crippen LogP contribution is 2.74. The van der Waals surface area contributed by atoms with Gasteiger partial charge in [-0.2, -0.15) is 0 Å². The van der Waals surface area contributed by atoms with Gasteiger partial charge in [-0.25, -0.2) is 0 Å². The van der Waals surface area contributed by atoms with E-state index in [4.69, 9.17) is 9.26 Å². The molecule has 3 saturated carbocycles. The molecule has 0 aliphatic heterocycles. The van der Waals surface area contributed by atoms with Gasteiger partial charge in [0.2, 0.25) is 0 Å². The minimum Gasteiger partial charge on any atom is -0.466 e. The first-order chi connectivity index (χ1) is 17.7. The van der Waals surface area contributed by atoms with Crippen molar-refractivity contribution < 1.29 is 18.8 Å². The number of nitrogens with zero attached hydrogens (tertiary/aromatic N) is 1. The maximum Gasteiger partial charge on any atom is 0.312 e. The first-order valence-corrected chi connectivity index (χ1v) is 15.0. The number of fused-ring (bicyclic) bond motifs is 8. The molecule has 5 nitrogen and oxygen atoms in total. The predicted molar refractivity (Wildman–Crippen MR) is 146 cm³/mol. The monoisotopic (exact) mass is 521 g/mol. The molecule has 5 aliphatic rings. The lowest BCUT2D eigenvalue weighted by molar-refractivity contribution is -0.193. The van der Waals surface area contributed by atoms with Gasteiger partial charge in [0.15, 0.2) is 5.78 Å². The van der Waals surface area contributed by atoms with Gasteiger partial charge in [-0.15, -0.1) is 0 Å². The minimum absolute atomic E-state index is 0.0316. The summed E-state index contributed by atoms with van der Waals surface area (Å²) >= 11 is 0. The Morgan fingerprint density at radius 2 is 1.76 bits per heavy atom. The second-order valence-corrected chi connectivity index (χ2v) is 15.6. The molecule has 0 bridgehead atoms. The second kappa shape index (κ2) is 7.85. The van der Waals surface area contributed by atoms with E-state index in [1.54, 1.807) is 0 Å². The van der Waals surface area contributed by atoms with Crippen molar-refractivity contribution in [3.05, 3.63) is 29.2 Å². The van der Waals surface area contributed by atoms with Crippen LogP contribution in [0.5, 0.6) is 0 Å². The van der Waals surface area contributed by atoms with Crippen LogP contribution in [0.25, 0.3) is 0 Å². The maximum absolute atomic E-state index is 14.5. The zero-order chi connectivity index (χ0) is 27.5. The number of hydrogen-bond donors (Lipinski definition) is 0. The summed E-state index contributed by atoms with van der Waals surface area (Å²) in [6.07, 6.45) is 11.5.